The summed E-state index contributed by atoms with van der Waals surface area (Å²) in [6.07, 6.45) is 1.88. The lowest BCUT2D eigenvalue weighted by atomic mass is 10.2. The molecule has 2 N–H and O–H groups in total. The molecule has 1 amide bonds. The van der Waals surface area contributed by atoms with Gasteiger partial charge in [-0.05, 0) is 18.9 Å². The molecule has 3 rings (SSSR count). The van der Waals surface area contributed by atoms with E-state index >= 15 is 0 Å². The zero-order valence-electron chi connectivity index (χ0n) is 12.3. The van der Waals surface area contributed by atoms with E-state index in [1.165, 1.54) is 10.4 Å². The van der Waals surface area contributed by atoms with Crippen molar-refractivity contribution in [2.75, 3.05) is 36.8 Å². The maximum absolute atomic E-state index is 10.8. The second-order valence-corrected chi connectivity index (χ2v) is 6.30. The zero-order valence-corrected chi connectivity index (χ0v) is 13.1. The van der Waals surface area contributed by atoms with Crippen molar-refractivity contribution in [3.8, 4) is 0 Å². The van der Waals surface area contributed by atoms with E-state index in [0.29, 0.717) is 24.9 Å². The molecule has 6 nitrogen and oxygen atoms in total. The highest BCUT2D eigenvalue weighted by Crippen LogP contribution is 2.34. The number of piperazine rings is 1. The lowest BCUT2D eigenvalue weighted by Gasteiger charge is -2.32. The summed E-state index contributed by atoms with van der Waals surface area (Å²) in [4.78, 5) is 26.1. The van der Waals surface area contributed by atoms with E-state index < -0.39 is 0 Å². The summed E-state index contributed by atoms with van der Waals surface area (Å²) in [6.45, 7) is 7.12. The smallest absolute Gasteiger partial charge is 0.228 e. The number of aromatic nitrogens is 2. The third-order valence-corrected chi connectivity index (χ3v) is 5.30. The number of hydrogen-bond acceptors (Lipinski definition) is 6. The largest absolute Gasteiger partial charge is 0.383 e. The highest BCUT2D eigenvalue weighted by molar-refractivity contribution is 7.19. The third-order valence-electron chi connectivity index (χ3n) is 3.97. The number of amides is 1. The highest BCUT2D eigenvalue weighted by Gasteiger charge is 2.20. The van der Waals surface area contributed by atoms with E-state index in [-0.39, 0.29) is 0 Å². The second kappa shape index (κ2) is 5.48. The lowest BCUT2D eigenvalue weighted by molar-refractivity contribution is -0.118. The fourth-order valence-corrected chi connectivity index (χ4v) is 3.83. The summed E-state index contributed by atoms with van der Waals surface area (Å²) >= 11 is 1.70. The molecule has 1 aliphatic heterocycles. The minimum atomic E-state index is 0.557. The van der Waals surface area contributed by atoms with Gasteiger partial charge in [0.15, 0.2) is 0 Å². The van der Waals surface area contributed by atoms with Crippen molar-refractivity contribution in [3.63, 3.8) is 0 Å². The van der Waals surface area contributed by atoms with Crippen molar-refractivity contribution < 1.29 is 4.79 Å². The normalized spacial score (nSPS) is 15.7. The van der Waals surface area contributed by atoms with Crippen LogP contribution < -0.4 is 10.6 Å². The topological polar surface area (TPSA) is 75.4 Å². The van der Waals surface area contributed by atoms with Gasteiger partial charge in [-0.15, -0.1) is 11.3 Å². The standard InChI is InChI=1S/C14H19N5OS/c1-3-10-9(2)11-12(15)16-14(17-13(11)21-10)19-6-4-18(8-20)5-7-19/h8H,3-7H2,1-2H3,(H2,15,16,17). The predicted octanol–water partition coefficient (Wildman–Crippen LogP) is 1.42. The summed E-state index contributed by atoms with van der Waals surface area (Å²) in [7, 11) is 0. The summed E-state index contributed by atoms with van der Waals surface area (Å²) < 4.78 is 0. The van der Waals surface area contributed by atoms with Gasteiger partial charge in [0.05, 0.1) is 5.39 Å². The first kappa shape index (κ1) is 14.1. The minimum absolute atomic E-state index is 0.557. The number of rotatable bonds is 3. The number of anilines is 2. The van der Waals surface area contributed by atoms with Crippen LogP contribution in [0.1, 0.15) is 17.4 Å². The average Bonchev–Trinajstić information content (AvgIpc) is 2.84. The molecule has 0 bridgehead atoms. The molecule has 1 aliphatic rings. The number of thiophene rings is 1. The SMILES string of the molecule is CCc1sc2nc(N3CCN(C=O)CC3)nc(N)c2c1C. The summed E-state index contributed by atoms with van der Waals surface area (Å²) in [5.74, 6) is 1.23. The molecule has 0 saturated carbocycles. The predicted molar refractivity (Wildman–Crippen MR) is 85.8 cm³/mol. The molecule has 112 valence electrons. The average molecular weight is 305 g/mol. The molecule has 2 aromatic rings. The van der Waals surface area contributed by atoms with Crippen molar-refractivity contribution in [1.29, 1.82) is 0 Å². The number of nitrogens with zero attached hydrogens (tertiary/aromatic N) is 4. The first-order valence-corrected chi connectivity index (χ1v) is 7.95. The quantitative estimate of drug-likeness (QED) is 0.868. The van der Waals surface area contributed by atoms with E-state index in [0.717, 1.165) is 36.1 Å². The Morgan fingerprint density at radius 2 is 2.00 bits per heavy atom. The fraction of sp³-hybridized carbons (Fsp3) is 0.500. The summed E-state index contributed by atoms with van der Waals surface area (Å²) in [6, 6.07) is 0. The maximum atomic E-state index is 10.8. The molecule has 3 heterocycles. The van der Waals surface area contributed by atoms with E-state index in [9.17, 15) is 4.79 Å². The number of carbonyl (C=O) groups excluding carboxylic acids is 1. The number of carbonyl (C=O) groups is 1. The van der Waals surface area contributed by atoms with Gasteiger partial charge in [-0.2, -0.15) is 4.98 Å². The van der Waals surface area contributed by atoms with Crippen molar-refractivity contribution in [1.82, 2.24) is 14.9 Å². The third kappa shape index (κ3) is 2.42. The van der Waals surface area contributed by atoms with Crippen molar-refractivity contribution in [2.24, 2.45) is 0 Å². The van der Waals surface area contributed by atoms with E-state index in [4.69, 9.17) is 5.73 Å². The van der Waals surface area contributed by atoms with Gasteiger partial charge < -0.3 is 15.5 Å². The molecule has 0 atom stereocenters. The Kier molecular flexibility index (Phi) is 3.67. The zero-order chi connectivity index (χ0) is 15.0. The molecule has 0 spiro atoms. The number of fused-ring (bicyclic) bond motifs is 1. The van der Waals surface area contributed by atoms with Crippen molar-refractivity contribution >= 4 is 39.7 Å². The van der Waals surface area contributed by atoms with Gasteiger partial charge in [0.25, 0.3) is 0 Å². The van der Waals surface area contributed by atoms with Crippen LogP contribution in [0.2, 0.25) is 0 Å². The molecule has 0 unspecified atom stereocenters. The Bertz CT molecular complexity index is 676. The van der Waals surface area contributed by atoms with Gasteiger partial charge in [-0.1, -0.05) is 6.92 Å². The molecule has 1 saturated heterocycles. The number of aryl methyl sites for hydroxylation is 2. The van der Waals surface area contributed by atoms with Crippen molar-refractivity contribution in [3.05, 3.63) is 10.4 Å². The number of nitrogen functional groups attached to an aromatic ring is 1. The molecular weight excluding hydrogens is 286 g/mol. The van der Waals surface area contributed by atoms with Gasteiger partial charge in [0.1, 0.15) is 10.6 Å². The second-order valence-electron chi connectivity index (χ2n) is 5.22. The van der Waals surface area contributed by atoms with Crippen LogP contribution in [0.25, 0.3) is 10.2 Å². The van der Waals surface area contributed by atoms with Crippen molar-refractivity contribution in [2.45, 2.75) is 20.3 Å². The molecule has 0 aromatic carbocycles. The fourth-order valence-electron chi connectivity index (χ4n) is 2.71. The number of nitrogens with two attached hydrogens (primary N) is 1. The Morgan fingerprint density at radius 3 is 2.62 bits per heavy atom. The molecule has 1 fully saturated rings. The van der Waals surface area contributed by atoms with Crippen LogP contribution in [-0.2, 0) is 11.2 Å². The molecule has 7 heteroatoms. The maximum Gasteiger partial charge on any atom is 0.228 e. The molecule has 0 radical (unpaired) electrons. The Morgan fingerprint density at radius 1 is 1.29 bits per heavy atom. The first-order chi connectivity index (χ1) is 10.1. The lowest BCUT2D eigenvalue weighted by Crippen LogP contribution is -2.46. The van der Waals surface area contributed by atoms with E-state index in [2.05, 4.69) is 28.7 Å². The first-order valence-electron chi connectivity index (χ1n) is 7.13. The Hall–Kier alpha value is -1.89. The van der Waals surface area contributed by atoms with Gasteiger partial charge in [-0.3, -0.25) is 4.79 Å². The van der Waals surface area contributed by atoms with Gasteiger partial charge in [0.2, 0.25) is 12.4 Å². The van der Waals surface area contributed by atoms with Crippen LogP contribution in [0, 0.1) is 6.92 Å². The van der Waals surface area contributed by atoms with E-state index in [1.807, 2.05) is 0 Å². The summed E-state index contributed by atoms with van der Waals surface area (Å²) in [5.41, 5.74) is 7.35. The van der Waals surface area contributed by atoms with Gasteiger partial charge in [0, 0.05) is 31.1 Å². The van der Waals surface area contributed by atoms with Gasteiger partial charge in [-0.25, -0.2) is 4.98 Å². The molecule has 21 heavy (non-hydrogen) atoms. The van der Waals surface area contributed by atoms with Crippen LogP contribution >= 0.6 is 11.3 Å². The van der Waals surface area contributed by atoms with Crippen LogP contribution in [0.5, 0.6) is 0 Å². The Balaban J connectivity index is 1.95. The van der Waals surface area contributed by atoms with Crippen LogP contribution in [0.4, 0.5) is 11.8 Å². The van der Waals surface area contributed by atoms with Gasteiger partial charge >= 0.3 is 0 Å². The number of hydrogen-bond donors (Lipinski definition) is 1. The highest BCUT2D eigenvalue weighted by atomic mass is 32.1. The van der Waals surface area contributed by atoms with Crippen LogP contribution in [0.3, 0.4) is 0 Å². The van der Waals surface area contributed by atoms with Crippen LogP contribution in [-0.4, -0.2) is 47.5 Å². The molecule has 0 aliphatic carbocycles. The Labute approximate surface area is 127 Å². The minimum Gasteiger partial charge on any atom is -0.383 e. The molecular formula is C14H19N5OS. The summed E-state index contributed by atoms with van der Waals surface area (Å²) in [5, 5.41) is 0.993. The molecule has 2 aromatic heterocycles. The van der Waals surface area contributed by atoms with E-state index in [1.54, 1.807) is 16.2 Å². The monoisotopic (exact) mass is 305 g/mol. The van der Waals surface area contributed by atoms with Crippen LogP contribution in [0.15, 0.2) is 0 Å².